The summed E-state index contributed by atoms with van der Waals surface area (Å²) in [5.41, 5.74) is 6.04. The summed E-state index contributed by atoms with van der Waals surface area (Å²) in [4.78, 5) is 126. The van der Waals surface area contributed by atoms with Gasteiger partial charge < -0.3 is 82.5 Å². The Bertz CT molecular complexity index is 1830. The van der Waals surface area contributed by atoms with Gasteiger partial charge in [-0.05, 0) is 50.3 Å². The van der Waals surface area contributed by atoms with Gasteiger partial charge >= 0.3 is 13.8 Å². The number of hydrogen-bond acceptors (Lipinski definition) is 16. The van der Waals surface area contributed by atoms with Gasteiger partial charge in [-0.1, -0.05) is 12.1 Å². The maximum absolute atomic E-state index is 13.7. The van der Waals surface area contributed by atoms with Crippen molar-refractivity contribution in [3.63, 3.8) is 0 Å². The fourth-order valence-corrected chi connectivity index (χ4v) is 6.96. The number of carboxylic acids is 1. The fraction of sp³-hybridized carbons (Fsp3) is 0.600. The molecule has 2 saturated heterocycles. The molecule has 27 heteroatoms. The number of benzene rings is 1. The largest absolute Gasteiger partial charge is 0.508 e. The lowest BCUT2D eigenvalue weighted by atomic mass is 10.0. The molecule has 7 amide bonds. The fourth-order valence-electron chi connectivity index (χ4n) is 6.62. The van der Waals surface area contributed by atoms with Gasteiger partial charge in [0.2, 0.25) is 41.4 Å². The number of nitrogens with one attached hydrogen (secondary N) is 5. The number of phosphoric acid groups is 1. The first-order valence-corrected chi connectivity index (χ1v) is 20.7. The van der Waals surface area contributed by atoms with Crippen molar-refractivity contribution in [1.29, 1.82) is 0 Å². The lowest BCUT2D eigenvalue weighted by molar-refractivity contribution is -0.146. The highest BCUT2D eigenvalue weighted by atomic mass is 31.2. The minimum Gasteiger partial charge on any atom is -0.508 e. The zero-order valence-electron chi connectivity index (χ0n) is 33.4. The van der Waals surface area contributed by atoms with Crippen LogP contribution in [0.5, 0.6) is 5.75 Å². The second-order valence-electron chi connectivity index (χ2n) is 14.5. The second-order valence-corrected chi connectivity index (χ2v) is 15.7. The van der Waals surface area contributed by atoms with E-state index in [1.807, 2.05) is 0 Å². The van der Waals surface area contributed by atoms with E-state index >= 15 is 0 Å². The van der Waals surface area contributed by atoms with Gasteiger partial charge in [-0.25, -0.2) is 9.36 Å². The molecule has 2 fully saturated rings. The molecule has 0 aliphatic carbocycles. The first-order valence-electron chi connectivity index (χ1n) is 19.2. The van der Waals surface area contributed by atoms with Crippen LogP contribution < -0.4 is 32.3 Å². The van der Waals surface area contributed by atoms with E-state index in [1.54, 1.807) is 0 Å². The number of rotatable bonds is 22. The number of aromatic hydroxyl groups is 1. The molecule has 26 nitrogen and oxygen atoms in total. The van der Waals surface area contributed by atoms with Gasteiger partial charge in [0.05, 0.1) is 32.5 Å². The van der Waals surface area contributed by atoms with Gasteiger partial charge in [-0.2, -0.15) is 0 Å². The lowest BCUT2D eigenvalue weighted by Crippen LogP contribution is -2.62. The monoisotopic (exact) mass is 904 g/mol. The van der Waals surface area contributed by atoms with Crippen molar-refractivity contribution in [3.8, 4) is 5.75 Å². The first kappa shape index (κ1) is 51.0. The number of phenolic OH excluding ortho intramolecular Hbond substituents is 1. The molecule has 0 spiro atoms. The Labute approximate surface area is 353 Å². The Hall–Kier alpha value is -5.31. The number of nitrogens with zero attached hydrogens (tertiary/aromatic N) is 2. The van der Waals surface area contributed by atoms with Crippen molar-refractivity contribution in [2.24, 2.45) is 5.73 Å². The zero-order chi connectivity index (χ0) is 46.5. The van der Waals surface area contributed by atoms with Gasteiger partial charge in [0, 0.05) is 19.5 Å². The predicted molar refractivity (Wildman–Crippen MR) is 207 cm³/mol. The number of nitrogens with two attached hydrogens (primary N) is 1. The molecular formula is C35H53N8O18P. The summed E-state index contributed by atoms with van der Waals surface area (Å²) in [7, 11) is -5.29. The van der Waals surface area contributed by atoms with Crippen molar-refractivity contribution < 1.29 is 87.9 Å². The highest BCUT2D eigenvalue weighted by molar-refractivity contribution is 7.46. The minimum absolute atomic E-state index is 0.00454. The summed E-state index contributed by atoms with van der Waals surface area (Å²) in [5, 5.41) is 69.4. The van der Waals surface area contributed by atoms with Crippen LogP contribution in [-0.2, 0) is 53.9 Å². The Morgan fingerprint density at radius 3 is 1.73 bits per heavy atom. The Morgan fingerprint density at radius 1 is 0.742 bits per heavy atom. The molecule has 2 heterocycles. The van der Waals surface area contributed by atoms with Crippen LogP contribution in [0.3, 0.4) is 0 Å². The summed E-state index contributed by atoms with van der Waals surface area (Å²) < 4.78 is 16.1. The average Bonchev–Trinajstić information content (AvgIpc) is 3.92. The molecule has 9 atom stereocenters. The van der Waals surface area contributed by atoms with Crippen LogP contribution in [-0.4, -0.2) is 192 Å². The molecule has 3 rings (SSSR count). The van der Waals surface area contributed by atoms with E-state index in [0.717, 1.165) is 16.7 Å². The quantitative estimate of drug-likeness (QED) is 0.0481. The van der Waals surface area contributed by atoms with Crippen molar-refractivity contribution in [3.05, 3.63) is 29.8 Å². The van der Waals surface area contributed by atoms with Crippen LogP contribution >= 0.6 is 7.82 Å². The molecule has 2 aliphatic heterocycles. The predicted octanol–water partition coefficient (Wildman–Crippen LogP) is -6.78. The van der Waals surface area contributed by atoms with E-state index in [9.17, 15) is 83.3 Å². The van der Waals surface area contributed by atoms with Crippen molar-refractivity contribution in [2.75, 3.05) is 39.5 Å². The van der Waals surface area contributed by atoms with Gasteiger partial charge in [0.15, 0.2) is 0 Å². The number of hydrogen-bond donors (Lipinski definition) is 14. The van der Waals surface area contributed by atoms with Crippen molar-refractivity contribution in [1.82, 2.24) is 36.4 Å². The van der Waals surface area contributed by atoms with Crippen molar-refractivity contribution in [2.45, 2.75) is 93.5 Å². The number of aliphatic hydroxyl groups excluding tert-OH is 4. The third-order valence-corrected chi connectivity index (χ3v) is 10.4. The number of aliphatic hydroxyl groups is 4. The Kier molecular flexibility index (Phi) is 19.1. The molecule has 2 aliphatic rings. The normalized spacial score (nSPS) is 19.8. The van der Waals surface area contributed by atoms with Crippen LogP contribution in [0.1, 0.15) is 38.2 Å². The average molecular weight is 905 g/mol. The summed E-state index contributed by atoms with van der Waals surface area (Å²) in [6.07, 6.45) is -1.51. The van der Waals surface area contributed by atoms with E-state index in [0.29, 0.717) is 5.56 Å². The Morgan fingerprint density at radius 2 is 1.24 bits per heavy atom. The summed E-state index contributed by atoms with van der Waals surface area (Å²) in [6.45, 7) is -3.07. The molecule has 1 aromatic carbocycles. The van der Waals surface area contributed by atoms with Crippen LogP contribution in [0, 0.1) is 0 Å². The second kappa shape index (κ2) is 23.2. The van der Waals surface area contributed by atoms with E-state index in [2.05, 4.69) is 31.1 Å². The molecule has 62 heavy (non-hydrogen) atoms. The highest BCUT2D eigenvalue weighted by Crippen LogP contribution is 2.36. The molecule has 346 valence electrons. The zero-order valence-corrected chi connectivity index (χ0v) is 34.3. The standard InChI is InChI=1S/C35H53N8O18P/c1-17(47)27(32(53)40-24(16-61-62(58,59)60)34(55)43-11-2-4-25(43)30(51)39-23(15-46)35(56)57)41-31(52)26-5-3-10-42(26)33(54)22(14-45)38-29(50)21(37-28(49)20(36)13-44)12-18-6-8-19(48)9-7-18/h6-9,17,20-27,44-48H,2-5,10-16,36H2,1H3,(H,37,49)(H,38,50)(H,39,51)(H,40,53)(H,41,52)(H,56,57)(H2,58,59,60)/t17-,20+,21+,22+,23+,24+,25+,26+,27+/m1/s1. The first-order chi connectivity index (χ1) is 29.1. The van der Waals surface area contributed by atoms with Crippen LogP contribution in [0.25, 0.3) is 0 Å². The number of aliphatic carboxylic acids is 1. The van der Waals surface area contributed by atoms with Crippen LogP contribution in [0.2, 0.25) is 0 Å². The number of likely N-dealkylation sites (tertiary alicyclic amines) is 2. The SMILES string of the molecule is C[C@@H](O)[C@H](NC(=O)[C@@H]1CCCN1C(=O)[C@H](CO)NC(=O)[C@H](Cc1ccc(O)cc1)NC(=O)[C@@H](N)CO)C(=O)N[C@@H](COP(=O)(O)O)C(=O)N1CCC[C@H]1C(=O)N[C@@H](CO)C(=O)O. The summed E-state index contributed by atoms with van der Waals surface area (Å²) in [6, 6.07) is -7.25. The Balaban J connectivity index is 1.78. The third kappa shape index (κ3) is 14.4. The topological polar surface area (TPSA) is 417 Å². The van der Waals surface area contributed by atoms with Gasteiger partial charge in [-0.15, -0.1) is 0 Å². The van der Waals surface area contributed by atoms with E-state index in [-0.39, 0.29) is 50.9 Å². The molecule has 15 N–H and O–H groups in total. The van der Waals surface area contributed by atoms with E-state index in [4.69, 9.17) is 5.73 Å². The van der Waals surface area contributed by atoms with Crippen LogP contribution in [0.15, 0.2) is 24.3 Å². The highest BCUT2D eigenvalue weighted by Gasteiger charge is 2.43. The number of carbonyl (C=O) groups excluding carboxylic acids is 7. The summed E-state index contributed by atoms with van der Waals surface area (Å²) in [5.74, 6) is -8.94. The maximum atomic E-state index is 13.7. The van der Waals surface area contributed by atoms with Crippen LogP contribution in [0.4, 0.5) is 0 Å². The van der Waals surface area contributed by atoms with E-state index < -0.39 is 136 Å². The molecular weight excluding hydrogens is 851 g/mol. The number of carboxylic acid groups (broad SMARTS) is 1. The third-order valence-electron chi connectivity index (χ3n) is 9.90. The number of amides is 7. The molecule has 1 aromatic rings. The van der Waals surface area contributed by atoms with Gasteiger partial charge in [0.1, 0.15) is 54.1 Å². The maximum Gasteiger partial charge on any atom is 0.469 e. The van der Waals surface area contributed by atoms with Crippen molar-refractivity contribution >= 4 is 55.1 Å². The molecule has 0 radical (unpaired) electrons. The lowest BCUT2D eigenvalue weighted by Gasteiger charge is -2.32. The molecule has 0 unspecified atom stereocenters. The summed E-state index contributed by atoms with van der Waals surface area (Å²) >= 11 is 0. The molecule has 0 bridgehead atoms. The molecule has 0 saturated carbocycles. The smallest absolute Gasteiger partial charge is 0.469 e. The minimum atomic E-state index is -5.29. The van der Waals surface area contributed by atoms with Gasteiger partial charge in [-0.3, -0.25) is 38.1 Å². The number of phenols is 1. The van der Waals surface area contributed by atoms with E-state index in [1.165, 1.54) is 24.3 Å². The molecule has 0 aromatic heterocycles. The van der Waals surface area contributed by atoms with Gasteiger partial charge in [0.25, 0.3) is 0 Å². The number of carbonyl (C=O) groups is 8. The number of phosphoric ester groups is 1.